The van der Waals surface area contributed by atoms with Crippen LogP contribution in [-0.2, 0) is 10.0 Å². The van der Waals surface area contributed by atoms with Gasteiger partial charge in [0, 0.05) is 19.5 Å². The van der Waals surface area contributed by atoms with Crippen molar-refractivity contribution in [1.82, 2.24) is 4.31 Å². The highest BCUT2D eigenvalue weighted by molar-refractivity contribution is 7.89. The molecule has 0 spiro atoms. The lowest BCUT2D eigenvalue weighted by molar-refractivity contribution is 0.312. The van der Waals surface area contributed by atoms with Crippen LogP contribution < -0.4 is 5.73 Å². The number of nitrogens with zero attached hydrogens (tertiary/aromatic N) is 2. The van der Waals surface area contributed by atoms with E-state index in [4.69, 9.17) is 10.9 Å². The zero-order valence-corrected chi connectivity index (χ0v) is 11.7. The Hall–Kier alpha value is -1.74. The van der Waals surface area contributed by atoms with Crippen molar-refractivity contribution in [2.24, 2.45) is 16.8 Å². The molecule has 0 bridgehead atoms. The Bertz CT molecular complexity index is 619. The van der Waals surface area contributed by atoms with Crippen LogP contribution in [0.4, 0.5) is 8.78 Å². The average molecular weight is 307 g/mol. The first kappa shape index (κ1) is 16.3. The Kier molecular flexibility index (Phi) is 5.01. The van der Waals surface area contributed by atoms with Crippen LogP contribution in [0.2, 0.25) is 0 Å². The molecule has 6 nitrogen and oxygen atoms in total. The van der Waals surface area contributed by atoms with Gasteiger partial charge in [0.15, 0.2) is 0 Å². The van der Waals surface area contributed by atoms with Gasteiger partial charge in [0.1, 0.15) is 22.4 Å². The minimum Gasteiger partial charge on any atom is -0.409 e. The number of amidine groups is 1. The molecule has 1 rings (SSSR count). The molecule has 1 atom stereocenters. The van der Waals surface area contributed by atoms with Crippen LogP contribution in [0.3, 0.4) is 0 Å². The Morgan fingerprint density at radius 2 is 2.10 bits per heavy atom. The van der Waals surface area contributed by atoms with Crippen molar-refractivity contribution >= 4 is 15.9 Å². The third kappa shape index (κ3) is 3.42. The second kappa shape index (κ2) is 6.14. The smallest absolute Gasteiger partial charge is 0.245 e. The zero-order chi connectivity index (χ0) is 15.5. The molecule has 112 valence electrons. The summed E-state index contributed by atoms with van der Waals surface area (Å²) in [5.41, 5.74) is 5.35. The summed E-state index contributed by atoms with van der Waals surface area (Å²) in [4.78, 5) is -0.758. The van der Waals surface area contributed by atoms with E-state index in [2.05, 4.69) is 5.16 Å². The van der Waals surface area contributed by atoms with E-state index < -0.39 is 32.5 Å². The summed E-state index contributed by atoms with van der Waals surface area (Å²) in [5, 5.41) is 11.3. The number of oxime groups is 1. The topological polar surface area (TPSA) is 96.0 Å². The first-order valence-electron chi connectivity index (χ1n) is 5.59. The first-order valence-corrected chi connectivity index (χ1v) is 7.03. The molecular formula is C11H15F2N3O3S. The Labute approximate surface area is 115 Å². The minimum absolute atomic E-state index is 0.145. The molecule has 3 N–H and O–H groups in total. The van der Waals surface area contributed by atoms with E-state index in [-0.39, 0.29) is 12.4 Å². The lowest BCUT2D eigenvalue weighted by atomic mass is 10.2. The zero-order valence-electron chi connectivity index (χ0n) is 10.9. The van der Waals surface area contributed by atoms with E-state index in [0.717, 1.165) is 16.4 Å². The van der Waals surface area contributed by atoms with Crippen LogP contribution >= 0.6 is 0 Å². The highest BCUT2D eigenvalue weighted by Crippen LogP contribution is 2.20. The lowest BCUT2D eigenvalue weighted by Gasteiger charge is -2.20. The van der Waals surface area contributed by atoms with Gasteiger partial charge in [-0.05, 0) is 18.2 Å². The lowest BCUT2D eigenvalue weighted by Crippen LogP contribution is -2.36. The highest BCUT2D eigenvalue weighted by atomic mass is 32.2. The molecule has 0 saturated heterocycles. The summed E-state index contributed by atoms with van der Waals surface area (Å²) >= 11 is 0. The van der Waals surface area contributed by atoms with Crippen LogP contribution in [0.1, 0.15) is 6.92 Å². The predicted molar refractivity (Wildman–Crippen MR) is 68.7 cm³/mol. The Morgan fingerprint density at radius 3 is 2.65 bits per heavy atom. The Balaban J connectivity index is 3.07. The van der Waals surface area contributed by atoms with Crippen LogP contribution in [0.15, 0.2) is 28.3 Å². The molecule has 9 heteroatoms. The van der Waals surface area contributed by atoms with Crippen molar-refractivity contribution in [1.29, 1.82) is 0 Å². The van der Waals surface area contributed by atoms with Crippen molar-refractivity contribution in [3.05, 3.63) is 29.8 Å². The summed E-state index contributed by atoms with van der Waals surface area (Å²) in [6.45, 7) is 1.39. The van der Waals surface area contributed by atoms with Crippen LogP contribution in [0.25, 0.3) is 0 Å². The standard InChI is InChI=1S/C11H15F2N3O3S/c1-7(11(14)15-17)6-16(2)20(18,19)10-5-8(12)3-4-9(10)13/h3-5,7,17H,6H2,1-2H3,(H2,14,15). The van der Waals surface area contributed by atoms with Gasteiger partial charge < -0.3 is 10.9 Å². The number of rotatable bonds is 5. The summed E-state index contributed by atoms with van der Waals surface area (Å²) in [5.74, 6) is -2.65. The quantitative estimate of drug-likeness (QED) is 0.367. The fourth-order valence-electron chi connectivity index (χ4n) is 1.52. The normalized spacial score (nSPS) is 14.6. The second-order valence-corrected chi connectivity index (χ2v) is 6.30. The summed E-state index contributed by atoms with van der Waals surface area (Å²) in [7, 11) is -3.01. The van der Waals surface area contributed by atoms with Crippen molar-refractivity contribution in [3.8, 4) is 0 Å². The fourth-order valence-corrected chi connectivity index (χ4v) is 2.85. The van der Waals surface area contributed by atoms with Crippen LogP contribution in [-0.4, -0.2) is 37.4 Å². The third-order valence-electron chi connectivity index (χ3n) is 2.73. The Morgan fingerprint density at radius 1 is 1.50 bits per heavy atom. The SMILES string of the molecule is CC(CN(C)S(=O)(=O)c1cc(F)ccc1F)C(N)=NO. The maximum Gasteiger partial charge on any atom is 0.245 e. The van der Waals surface area contributed by atoms with Crippen molar-refractivity contribution in [2.45, 2.75) is 11.8 Å². The number of hydrogen-bond donors (Lipinski definition) is 2. The molecule has 0 fully saturated rings. The van der Waals surface area contributed by atoms with Gasteiger partial charge in [0.2, 0.25) is 10.0 Å². The molecule has 0 radical (unpaired) electrons. The molecule has 0 aliphatic rings. The van der Waals surface area contributed by atoms with Gasteiger partial charge in [-0.3, -0.25) is 0 Å². The van der Waals surface area contributed by atoms with Crippen molar-refractivity contribution in [3.63, 3.8) is 0 Å². The maximum absolute atomic E-state index is 13.5. The van der Waals surface area contributed by atoms with E-state index in [1.807, 2.05) is 0 Å². The predicted octanol–water partition coefficient (Wildman–Crippen LogP) is 0.968. The van der Waals surface area contributed by atoms with Gasteiger partial charge >= 0.3 is 0 Å². The number of hydrogen-bond acceptors (Lipinski definition) is 4. The molecule has 1 unspecified atom stereocenters. The van der Waals surface area contributed by atoms with Gasteiger partial charge in [-0.2, -0.15) is 0 Å². The second-order valence-electron chi connectivity index (χ2n) is 4.29. The van der Waals surface area contributed by atoms with Gasteiger partial charge in [-0.15, -0.1) is 0 Å². The summed E-state index contributed by atoms with van der Waals surface area (Å²) in [6.07, 6.45) is 0. The number of benzene rings is 1. The van der Waals surface area contributed by atoms with E-state index in [0.29, 0.717) is 6.07 Å². The van der Waals surface area contributed by atoms with Gasteiger partial charge in [0.05, 0.1) is 0 Å². The summed E-state index contributed by atoms with van der Waals surface area (Å²) in [6, 6.07) is 2.17. The van der Waals surface area contributed by atoms with Crippen molar-refractivity contribution in [2.75, 3.05) is 13.6 Å². The molecule has 1 aromatic carbocycles. The first-order chi connectivity index (χ1) is 9.20. The fraction of sp³-hybridized carbons (Fsp3) is 0.364. The van der Waals surface area contributed by atoms with Crippen LogP contribution in [0, 0.1) is 17.6 Å². The molecule has 0 aliphatic heterocycles. The van der Waals surface area contributed by atoms with E-state index in [1.165, 1.54) is 14.0 Å². The summed E-state index contributed by atoms with van der Waals surface area (Å²) < 4.78 is 51.7. The van der Waals surface area contributed by atoms with E-state index >= 15 is 0 Å². The molecule has 1 aromatic rings. The molecule has 0 heterocycles. The van der Waals surface area contributed by atoms with E-state index in [9.17, 15) is 17.2 Å². The maximum atomic E-state index is 13.5. The minimum atomic E-state index is -4.20. The average Bonchev–Trinajstić information content (AvgIpc) is 2.40. The van der Waals surface area contributed by atoms with Crippen LogP contribution in [0.5, 0.6) is 0 Å². The highest BCUT2D eigenvalue weighted by Gasteiger charge is 2.27. The van der Waals surface area contributed by atoms with E-state index in [1.54, 1.807) is 0 Å². The molecule has 0 amide bonds. The molecule has 20 heavy (non-hydrogen) atoms. The monoisotopic (exact) mass is 307 g/mol. The largest absolute Gasteiger partial charge is 0.409 e. The third-order valence-corrected chi connectivity index (χ3v) is 4.57. The van der Waals surface area contributed by atoms with Gasteiger partial charge in [-0.25, -0.2) is 21.5 Å². The molecule has 0 aromatic heterocycles. The molecule has 0 aliphatic carbocycles. The van der Waals surface area contributed by atoms with Gasteiger partial charge in [-0.1, -0.05) is 12.1 Å². The number of halogens is 2. The number of nitrogens with two attached hydrogens (primary N) is 1. The van der Waals surface area contributed by atoms with Crippen molar-refractivity contribution < 1.29 is 22.4 Å². The molecular weight excluding hydrogens is 292 g/mol. The van der Waals surface area contributed by atoms with Gasteiger partial charge in [0.25, 0.3) is 0 Å². The number of sulfonamides is 1. The molecule has 0 saturated carbocycles.